The maximum atomic E-state index is 11.9. The first-order valence-electron chi connectivity index (χ1n) is 5.95. The highest BCUT2D eigenvalue weighted by molar-refractivity contribution is 4.85. The Bertz CT molecular complexity index is 205. The summed E-state index contributed by atoms with van der Waals surface area (Å²) in [5.74, 6) is 0. The van der Waals surface area contributed by atoms with Crippen molar-refractivity contribution in [3.05, 3.63) is 0 Å². The van der Waals surface area contributed by atoms with Crippen LogP contribution in [0.5, 0.6) is 0 Å². The second kappa shape index (κ2) is 7.18. The lowest BCUT2D eigenvalue weighted by molar-refractivity contribution is -0.325. The van der Waals surface area contributed by atoms with Gasteiger partial charge in [-0.05, 0) is 26.3 Å². The lowest BCUT2D eigenvalue weighted by Crippen LogP contribution is -2.52. The molecule has 0 aromatic carbocycles. The SMILES string of the molecule is CCCN(CCOC(F)(F)F)C(C)(CC)CN. The van der Waals surface area contributed by atoms with Gasteiger partial charge in [-0.3, -0.25) is 9.64 Å². The third kappa shape index (κ3) is 6.24. The van der Waals surface area contributed by atoms with E-state index in [-0.39, 0.29) is 18.7 Å². The van der Waals surface area contributed by atoms with Gasteiger partial charge < -0.3 is 5.73 Å². The van der Waals surface area contributed by atoms with Gasteiger partial charge in [0.25, 0.3) is 0 Å². The van der Waals surface area contributed by atoms with Crippen LogP contribution in [-0.2, 0) is 4.74 Å². The highest BCUT2D eigenvalue weighted by atomic mass is 19.4. The van der Waals surface area contributed by atoms with Crippen LogP contribution in [0, 0.1) is 0 Å². The Hall–Kier alpha value is -0.330. The maximum Gasteiger partial charge on any atom is 0.522 e. The Kier molecular flexibility index (Phi) is 7.04. The highest BCUT2D eigenvalue weighted by Gasteiger charge is 2.31. The lowest BCUT2D eigenvalue weighted by Gasteiger charge is -2.40. The van der Waals surface area contributed by atoms with Gasteiger partial charge >= 0.3 is 6.36 Å². The van der Waals surface area contributed by atoms with E-state index in [9.17, 15) is 13.2 Å². The molecule has 0 bridgehead atoms. The van der Waals surface area contributed by atoms with Gasteiger partial charge in [0.2, 0.25) is 0 Å². The first-order valence-corrected chi connectivity index (χ1v) is 5.95. The molecule has 2 N–H and O–H groups in total. The number of halogens is 3. The second-order valence-corrected chi connectivity index (χ2v) is 4.34. The molecule has 0 aliphatic rings. The number of nitrogens with zero attached hydrogens (tertiary/aromatic N) is 1. The topological polar surface area (TPSA) is 38.5 Å². The zero-order chi connectivity index (χ0) is 13.5. The molecule has 0 amide bonds. The second-order valence-electron chi connectivity index (χ2n) is 4.34. The van der Waals surface area contributed by atoms with Crippen molar-refractivity contribution in [1.29, 1.82) is 0 Å². The van der Waals surface area contributed by atoms with Gasteiger partial charge in [-0.1, -0.05) is 13.8 Å². The van der Waals surface area contributed by atoms with Gasteiger partial charge in [0, 0.05) is 18.6 Å². The van der Waals surface area contributed by atoms with Crippen LogP contribution >= 0.6 is 0 Å². The summed E-state index contributed by atoms with van der Waals surface area (Å²) in [6, 6.07) is 0. The summed E-state index contributed by atoms with van der Waals surface area (Å²) >= 11 is 0. The Balaban J connectivity index is 4.33. The molecule has 0 heterocycles. The molecular formula is C11H23F3N2O. The number of nitrogens with two attached hydrogens (primary N) is 1. The fourth-order valence-electron chi connectivity index (χ4n) is 1.69. The van der Waals surface area contributed by atoms with Crippen molar-refractivity contribution in [2.75, 3.05) is 26.2 Å². The third-order valence-electron chi connectivity index (χ3n) is 3.09. The summed E-state index contributed by atoms with van der Waals surface area (Å²) in [7, 11) is 0. The zero-order valence-corrected chi connectivity index (χ0v) is 10.8. The minimum atomic E-state index is -4.55. The van der Waals surface area contributed by atoms with Crippen LogP contribution in [-0.4, -0.2) is 43.0 Å². The lowest BCUT2D eigenvalue weighted by atomic mass is 9.96. The number of hydrogen-bond acceptors (Lipinski definition) is 3. The van der Waals surface area contributed by atoms with Gasteiger partial charge in [-0.2, -0.15) is 0 Å². The molecule has 6 heteroatoms. The Morgan fingerprint density at radius 3 is 2.12 bits per heavy atom. The van der Waals surface area contributed by atoms with Crippen LogP contribution in [0.25, 0.3) is 0 Å². The summed E-state index contributed by atoms with van der Waals surface area (Å²) in [4.78, 5) is 1.97. The molecule has 1 atom stereocenters. The van der Waals surface area contributed by atoms with E-state index in [1.54, 1.807) is 0 Å². The van der Waals surface area contributed by atoms with Crippen molar-refractivity contribution in [1.82, 2.24) is 4.90 Å². The monoisotopic (exact) mass is 256 g/mol. The van der Waals surface area contributed by atoms with Gasteiger partial charge in [0.1, 0.15) is 0 Å². The Labute approximate surface area is 101 Å². The highest BCUT2D eigenvalue weighted by Crippen LogP contribution is 2.20. The summed E-state index contributed by atoms with van der Waals surface area (Å²) < 4.78 is 39.5. The minimum Gasteiger partial charge on any atom is -0.329 e. The Morgan fingerprint density at radius 2 is 1.76 bits per heavy atom. The smallest absolute Gasteiger partial charge is 0.329 e. The first-order chi connectivity index (χ1) is 7.79. The van der Waals surface area contributed by atoms with Gasteiger partial charge in [0.15, 0.2) is 0 Å². The molecule has 0 radical (unpaired) electrons. The summed E-state index contributed by atoms with van der Waals surface area (Å²) in [5, 5.41) is 0. The number of alkyl halides is 3. The van der Waals surface area contributed by atoms with Crippen molar-refractivity contribution >= 4 is 0 Å². The molecule has 3 nitrogen and oxygen atoms in total. The van der Waals surface area contributed by atoms with Crippen molar-refractivity contribution < 1.29 is 17.9 Å². The van der Waals surface area contributed by atoms with Gasteiger partial charge in [-0.25, -0.2) is 0 Å². The van der Waals surface area contributed by atoms with Gasteiger partial charge in [-0.15, -0.1) is 13.2 Å². The van der Waals surface area contributed by atoms with E-state index in [2.05, 4.69) is 4.74 Å². The maximum absolute atomic E-state index is 11.9. The van der Waals surface area contributed by atoms with Crippen LogP contribution < -0.4 is 5.73 Å². The molecule has 0 aliphatic carbocycles. The van der Waals surface area contributed by atoms with Crippen LogP contribution in [0.4, 0.5) is 13.2 Å². The van der Waals surface area contributed by atoms with Crippen LogP contribution in [0.1, 0.15) is 33.6 Å². The van der Waals surface area contributed by atoms with Crippen LogP contribution in [0.3, 0.4) is 0 Å². The molecule has 0 fully saturated rings. The van der Waals surface area contributed by atoms with Crippen molar-refractivity contribution in [2.45, 2.75) is 45.5 Å². The molecule has 0 aliphatic heterocycles. The standard InChI is InChI=1S/C11H23F3N2O/c1-4-6-16(10(3,5-2)9-15)7-8-17-11(12,13)14/h4-9,15H2,1-3H3. The third-order valence-corrected chi connectivity index (χ3v) is 3.09. The molecule has 0 rings (SSSR count). The predicted octanol–water partition coefficient (Wildman–Crippen LogP) is 2.36. The van der Waals surface area contributed by atoms with Crippen LogP contribution in [0.2, 0.25) is 0 Å². The Morgan fingerprint density at radius 1 is 1.18 bits per heavy atom. The average molecular weight is 256 g/mol. The van der Waals surface area contributed by atoms with Gasteiger partial charge in [0.05, 0.1) is 6.61 Å². The number of hydrogen-bond donors (Lipinski definition) is 1. The average Bonchev–Trinajstić information content (AvgIpc) is 2.25. The summed E-state index contributed by atoms with van der Waals surface area (Å²) in [6.45, 7) is 6.99. The fraction of sp³-hybridized carbons (Fsp3) is 1.00. The zero-order valence-electron chi connectivity index (χ0n) is 10.8. The van der Waals surface area contributed by atoms with E-state index < -0.39 is 6.36 Å². The van der Waals surface area contributed by atoms with E-state index in [4.69, 9.17) is 5.73 Å². The molecule has 0 spiro atoms. The number of ether oxygens (including phenoxy) is 1. The van der Waals surface area contributed by atoms with Crippen molar-refractivity contribution in [2.24, 2.45) is 5.73 Å². The normalized spacial score (nSPS) is 16.2. The van der Waals surface area contributed by atoms with Crippen molar-refractivity contribution in [3.63, 3.8) is 0 Å². The largest absolute Gasteiger partial charge is 0.522 e. The summed E-state index contributed by atoms with van der Waals surface area (Å²) in [5.41, 5.74) is 5.44. The minimum absolute atomic E-state index is 0.245. The molecule has 0 saturated heterocycles. The van der Waals surface area contributed by atoms with Crippen LogP contribution in [0.15, 0.2) is 0 Å². The molecule has 17 heavy (non-hydrogen) atoms. The molecule has 0 saturated carbocycles. The molecular weight excluding hydrogens is 233 g/mol. The van der Waals surface area contributed by atoms with E-state index >= 15 is 0 Å². The van der Waals surface area contributed by atoms with Crippen molar-refractivity contribution in [3.8, 4) is 0 Å². The predicted molar refractivity (Wildman–Crippen MR) is 61.6 cm³/mol. The molecule has 104 valence electrons. The fourth-order valence-corrected chi connectivity index (χ4v) is 1.69. The summed E-state index contributed by atoms with van der Waals surface area (Å²) in [6.07, 6.45) is -2.87. The number of rotatable bonds is 8. The van der Waals surface area contributed by atoms with E-state index in [0.29, 0.717) is 6.54 Å². The first kappa shape index (κ1) is 16.7. The van der Waals surface area contributed by atoms with E-state index in [0.717, 1.165) is 19.4 Å². The molecule has 1 unspecified atom stereocenters. The van der Waals surface area contributed by atoms with E-state index in [1.165, 1.54) is 0 Å². The molecule has 0 aromatic rings. The molecule has 0 aromatic heterocycles. The van der Waals surface area contributed by atoms with E-state index in [1.807, 2.05) is 25.7 Å². The quantitative estimate of drug-likeness (QED) is 0.724.